The second kappa shape index (κ2) is 7.21. The number of carbonyl (C=O) groups is 1. The first-order valence-corrected chi connectivity index (χ1v) is 6.71. The Kier molecular flexibility index (Phi) is 5.79. The lowest BCUT2D eigenvalue weighted by Gasteiger charge is -2.19. The van der Waals surface area contributed by atoms with Gasteiger partial charge < -0.3 is 10.1 Å². The van der Waals surface area contributed by atoms with Crippen LogP contribution >= 0.6 is 0 Å². The lowest BCUT2D eigenvalue weighted by molar-refractivity contribution is -0.385. The van der Waals surface area contributed by atoms with Gasteiger partial charge >= 0.3 is 12.3 Å². The largest absolute Gasteiger partial charge is 0.444 e. The number of nitro benzene ring substituents is 1. The number of nitrogens with one attached hydrogen (secondary N) is 1. The van der Waals surface area contributed by atoms with Crippen molar-refractivity contribution in [2.45, 2.75) is 32.5 Å². The number of amides is 1. The number of benzene rings is 1. The summed E-state index contributed by atoms with van der Waals surface area (Å²) in [6.07, 6.45) is -5.45. The van der Waals surface area contributed by atoms with Gasteiger partial charge in [-0.3, -0.25) is 10.1 Å². The Morgan fingerprint density at radius 2 is 1.92 bits per heavy atom. The Labute approximate surface area is 136 Å². The van der Waals surface area contributed by atoms with E-state index in [1.165, 1.54) is 0 Å². The standard InChI is InChI=1S/C15H15F3N2O4/c1-14(2,3)24-13(21)19-6-4-5-10-7-11(15(16,17)18)9-12(8-10)20(22)23/h7-9H,6H2,1-3H3,(H,19,21). The highest BCUT2D eigenvalue weighted by molar-refractivity contribution is 5.68. The summed E-state index contributed by atoms with van der Waals surface area (Å²) in [6, 6.07) is 2.06. The SMILES string of the molecule is CC(C)(C)OC(=O)NCC#Cc1cc([N+](=O)[O-])cc(C(F)(F)F)c1. The molecule has 0 aliphatic carbocycles. The third kappa shape index (κ3) is 6.56. The van der Waals surface area contributed by atoms with Crippen LogP contribution in [0, 0.1) is 22.0 Å². The molecule has 0 heterocycles. The molecule has 0 aliphatic rings. The smallest absolute Gasteiger partial charge is 0.416 e. The van der Waals surface area contributed by atoms with E-state index in [1.54, 1.807) is 20.8 Å². The number of rotatable bonds is 2. The van der Waals surface area contributed by atoms with Crippen LogP contribution in [0.25, 0.3) is 0 Å². The minimum Gasteiger partial charge on any atom is -0.444 e. The van der Waals surface area contributed by atoms with Gasteiger partial charge in [0.25, 0.3) is 5.69 Å². The summed E-state index contributed by atoms with van der Waals surface area (Å²) in [5, 5.41) is 13.0. The van der Waals surface area contributed by atoms with Crippen molar-refractivity contribution < 1.29 is 27.6 Å². The summed E-state index contributed by atoms with van der Waals surface area (Å²) in [5.74, 6) is 4.76. The van der Waals surface area contributed by atoms with Crippen LogP contribution in [0.15, 0.2) is 18.2 Å². The maximum absolute atomic E-state index is 12.7. The molecule has 0 bridgehead atoms. The van der Waals surface area contributed by atoms with Gasteiger partial charge in [-0.25, -0.2) is 4.79 Å². The zero-order valence-electron chi connectivity index (χ0n) is 13.2. The quantitative estimate of drug-likeness (QED) is 0.506. The molecule has 0 saturated carbocycles. The summed E-state index contributed by atoms with van der Waals surface area (Å²) in [4.78, 5) is 21.1. The molecule has 0 spiro atoms. The maximum atomic E-state index is 12.7. The Morgan fingerprint density at radius 3 is 2.42 bits per heavy atom. The molecule has 1 aromatic rings. The highest BCUT2D eigenvalue weighted by Crippen LogP contribution is 2.32. The molecule has 0 saturated heterocycles. The molecule has 1 N–H and O–H groups in total. The van der Waals surface area contributed by atoms with Gasteiger partial charge in [0.2, 0.25) is 0 Å². The first-order valence-electron chi connectivity index (χ1n) is 6.71. The minimum absolute atomic E-state index is 0.178. The third-order valence-corrected chi connectivity index (χ3v) is 2.41. The number of hydrogen-bond acceptors (Lipinski definition) is 4. The van der Waals surface area contributed by atoms with Gasteiger partial charge in [-0.1, -0.05) is 11.8 Å². The van der Waals surface area contributed by atoms with Crippen molar-refractivity contribution in [1.29, 1.82) is 0 Å². The molecule has 130 valence electrons. The fourth-order valence-electron chi connectivity index (χ4n) is 1.53. The van der Waals surface area contributed by atoms with E-state index in [-0.39, 0.29) is 12.1 Å². The first-order chi connectivity index (χ1) is 10.9. The van der Waals surface area contributed by atoms with Gasteiger partial charge in [0.15, 0.2) is 0 Å². The van der Waals surface area contributed by atoms with E-state index in [4.69, 9.17) is 4.74 Å². The topological polar surface area (TPSA) is 81.5 Å². The summed E-state index contributed by atoms with van der Waals surface area (Å²) in [6.45, 7) is 4.82. The van der Waals surface area contributed by atoms with Crippen LogP contribution in [0.5, 0.6) is 0 Å². The van der Waals surface area contributed by atoms with Crippen LogP contribution in [0.3, 0.4) is 0 Å². The average molecular weight is 344 g/mol. The lowest BCUT2D eigenvalue weighted by atomic mass is 10.1. The normalized spacial score (nSPS) is 11.2. The van der Waals surface area contributed by atoms with Crippen LogP contribution in [0.1, 0.15) is 31.9 Å². The van der Waals surface area contributed by atoms with E-state index in [0.717, 1.165) is 6.07 Å². The van der Waals surface area contributed by atoms with E-state index >= 15 is 0 Å². The number of alkyl carbamates (subject to hydrolysis) is 1. The number of hydrogen-bond donors (Lipinski definition) is 1. The number of non-ortho nitro benzene ring substituents is 1. The molecule has 24 heavy (non-hydrogen) atoms. The number of nitro groups is 1. The number of alkyl halides is 3. The first kappa shape index (κ1) is 19.3. The number of ether oxygens (including phenoxy) is 1. The van der Waals surface area contributed by atoms with Crippen molar-refractivity contribution in [1.82, 2.24) is 5.32 Å². The number of halogens is 3. The third-order valence-electron chi connectivity index (χ3n) is 2.41. The van der Waals surface area contributed by atoms with Crippen molar-refractivity contribution in [2.24, 2.45) is 0 Å². The van der Waals surface area contributed by atoms with E-state index in [2.05, 4.69) is 17.2 Å². The van der Waals surface area contributed by atoms with Crippen molar-refractivity contribution >= 4 is 11.8 Å². The fraction of sp³-hybridized carbons (Fsp3) is 0.400. The zero-order valence-corrected chi connectivity index (χ0v) is 13.2. The Balaban J connectivity index is 2.87. The number of carbonyl (C=O) groups excluding carboxylic acids is 1. The van der Waals surface area contributed by atoms with Gasteiger partial charge in [-0.05, 0) is 26.8 Å². The van der Waals surface area contributed by atoms with Crippen molar-refractivity contribution in [3.05, 3.63) is 39.4 Å². The molecule has 0 aliphatic heterocycles. The second-order valence-corrected chi connectivity index (χ2v) is 5.68. The molecular formula is C15H15F3N2O4. The molecule has 0 unspecified atom stereocenters. The van der Waals surface area contributed by atoms with Crippen LogP contribution in [0.2, 0.25) is 0 Å². The predicted molar refractivity (Wildman–Crippen MR) is 79.2 cm³/mol. The van der Waals surface area contributed by atoms with Crippen molar-refractivity contribution in [3.63, 3.8) is 0 Å². The summed E-state index contributed by atoms with van der Waals surface area (Å²) in [7, 11) is 0. The van der Waals surface area contributed by atoms with E-state index < -0.39 is 34.0 Å². The molecule has 0 aromatic heterocycles. The van der Waals surface area contributed by atoms with Crippen LogP contribution in [0.4, 0.5) is 23.7 Å². The van der Waals surface area contributed by atoms with Gasteiger partial charge in [0.05, 0.1) is 17.0 Å². The van der Waals surface area contributed by atoms with Gasteiger partial charge in [0, 0.05) is 17.7 Å². The Morgan fingerprint density at radius 1 is 1.29 bits per heavy atom. The zero-order chi connectivity index (χ0) is 18.5. The van der Waals surface area contributed by atoms with Crippen molar-refractivity contribution in [2.75, 3.05) is 6.54 Å². The summed E-state index contributed by atoms with van der Waals surface area (Å²) >= 11 is 0. The highest BCUT2D eigenvalue weighted by Gasteiger charge is 2.32. The molecule has 1 amide bonds. The van der Waals surface area contributed by atoms with Crippen LogP contribution in [-0.2, 0) is 10.9 Å². The summed E-state index contributed by atoms with van der Waals surface area (Å²) in [5.41, 5.74) is -2.75. The van der Waals surface area contributed by atoms with Crippen LogP contribution < -0.4 is 5.32 Å². The van der Waals surface area contributed by atoms with Gasteiger partial charge in [-0.15, -0.1) is 0 Å². The van der Waals surface area contributed by atoms with E-state index in [1.807, 2.05) is 0 Å². The molecule has 9 heteroatoms. The Bertz CT molecular complexity index is 697. The minimum atomic E-state index is -4.72. The fourth-order valence-corrected chi connectivity index (χ4v) is 1.53. The van der Waals surface area contributed by atoms with Crippen LogP contribution in [-0.4, -0.2) is 23.2 Å². The highest BCUT2D eigenvalue weighted by atomic mass is 19.4. The monoisotopic (exact) mass is 344 g/mol. The Hall–Kier alpha value is -2.76. The average Bonchev–Trinajstić information content (AvgIpc) is 2.40. The predicted octanol–water partition coefficient (Wildman–Crippen LogP) is 3.49. The molecule has 0 atom stereocenters. The second-order valence-electron chi connectivity index (χ2n) is 5.68. The molecular weight excluding hydrogens is 329 g/mol. The summed E-state index contributed by atoms with van der Waals surface area (Å²) < 4.78 is 43.1. The molecule has 1 rings (SSSR count). The molecule has 0 radical (unpaired) electrons. The van der Waals surface area contributed by atoms with E-state index in [9.17, 15) is 28.1 Å². The molecule has 6 nitrogen and oxygen atoms in total. The molecule has 1 aromatic carbocycles. The van der Waals surface area contributed by atoms with Crippen molar-refractivity contribution in [3.8, 4) is 11.8 Å². The lowest BCUT2D eigenvalue weighted by Crippen LogP contribution is -2.32. The van der Waals surface area contributed by atoms with E-state index in [0.29, 0.717) is 12.1 Å². The molecule has 0 fully saturated rings. The van der Waals surface area contributed by atoms with Gasteiger partial charge in [0.1, 0.15) is 5.60 Å². The maximum Gasteiger partial charge on any atom is 0.416 e. The van der Waals surface area contributed by atoms with Gasteiger partial charge in [-0.2, -0.15) is 13.2 Å². The number of nitrogens with zero attached hydrogens (tertiary/aromatic N) is 1.